The van der Waals surface area contributed by atoms with E-state index in [-0.39, 0.29) is 19.7 Å². The molecule has 1 rings (SSSR count). The second-order valence-electron chi connectivity index (χ2n) is 3.67. The molecule has 0 aliphatic heterocycles. The van der Waals surface area contributed by atoms with Crippen molar-refractivity contribution in [1.29, 1.82) is 0 Å². The van der Waals surface area contributed by atoms with Gasteiger partial charge in [-0.3, -0.25) is 0 Å². The van der Waals surface area contributed by atoms with Gasteiger partial charge in [0.25, 0.3) is 0 Å². The minimum atomic E-state index is -4.35. The smallest absolute Gasteiger partial charge is 0.249 e. The van der Waals surface area contributed by atoms with Crippen molar-refractivity contribution in [3.8, 4) is 0 Å². The number of methoxy groups -OCH3 is 1. The van der Waals surface area contributed by atoms with Crippen LogP contribution in [0.25, 0.3) is 0 Å². The van der Waals surface area contributed by atoms with Gasteiger partial charge in [-0.25, -0.2) is 17.2 Å². The third-order valence-electron chi connectivity index (χ3n) is 2.41. The summed E-state index contributed by atoms with van der Waals surface area (Å²) in [4.78, 5) is -1.01. The van der Waals surface area contributed by atoms with Crippen LogP contribution in [-0.4, -0.2) is 51.2 Å². The van der Waals surface area contributed by atoms with Gasteiger partial charge in [-0.2, -0.15) is 4.31 Å². The summed E-state index contributed by atoms with van der Waals surface area (Å²) in [5.74, 6) is -2.33. The lowest BCUT2D eigenvalue weighted by Gasteiger charge is -2.21. The summed E-state index contributed by atoms with van der Waals surface area (Å²) in [5.41, 5.74) is 0. The van der Waals surface area contributed by atoms with E-state index in [0.29, 0.717) is 0 Å². The number of rotatable bonds is 7. The van der Waals surface area contributed by atoms with Gasteiger partial charge in [0.1, 0.15) is 11.6 Å². The molecule has 5 nitrogen and oxygen atoms in total. The standard InChI is InChI=1S/C11H15F2NO4S/c1-18-8-6-14(5-7-15)19(16,17)11-9(12)3-2-4-10(11)13/h2-4,15H,5-8H2,1H3. The van der Waals surface area contributed by atoms with Crippen molar-refractivity contribution in [2.45, 2.75) is 4.90 Å². The first-order valence-corrected chi connectivity index (χ1v) is 6.93. The molecule has 0 aliphatic rings. The first-order valence-electron chi connectivity index (χ1n) is 5.49. The number of hydrogen-bond acceptors (Lipinski definition) is 4. The Morgan fingerprint density at radius 2 is 1.84 bits per heavy atom. The van der Waals surface area contributed by atoms with Crippen molar-refractivity contribution in [1.82, 2.24) is 4.31 Å². The molecule has 0 aliphatic carbocycles. The van der Waals surface area contributed by atoms with E-state index in [4.69, 9.17) is 9.84 Å². The zero-order chi connectivity index (χ0) is 14.5. The highest BCUT2D eigenvalue weighted by atomic mass is 32.2. The molecule has 19 heavy (non-hydrogen) atoms. The predicted molar refractivity (Wildman–Crippen MR) is 64.1 cm³/mol. The summed E-state index contributed by atoms with van der Waals surface area (Å²) >= 11 is 0. The number of sulfonamides is 1. The molecule has 1 aromatic carbocycles. The van der Waals surface area contributed by atoms with Gasteiger partial charge in [0.15, 0.2) is 4.90 Å². The maximum absolute atomic E-state index is 13.5. The van der Waals surface area contributed by atoms with Crippen LogP contribution in [0.3, 0.4) is 0 Å². The molecule has 0 spiro atoms. The number of ether oxygens (including phenoxy) is 1. The van der Waals surface area contributed by atoms with Crippen LogP contribution in [0.15, 0.2) is 23.1 Å². The van der Waals surface area contributed by atoms with E-state index in [1.54, 1.807) is 0 Å². The van der Waals surface area contributed by atoms with Gasteiger partial charge < -0.3 is 9.84 Å². The molecule has 0 atom stereocenters. The van der Waals surface area contributed by atoms with Crippen LogP contribution in [0, 0.1) is 11.6 Å². The summed E-state index contributed by atoms with van der Waals surface area (Å²) in [6.45, 7) is -0.777. The normalized spacial score (nSPS) is 12.1. The third-order valence-corrected chi connectivity index (χ3v) is 4.36. The van der Waals surface area contributed by atoms with Crippen molar-refractivity contribution in [2.75, 3.05) is 33.4 Å². The highest BCUT2D eigenvalue weighted by Crippen LogP contribution is 2.22. The Hall–Kier alpha value is -1.09. The van der Waals surface area contributed by atoms with Gasteiger partial charge in [0.2, 0.25) is 10.0 Å². The Morgan fingerprint density at radius 1 is 1.26 bits per heavy atom. The average molecular weight is 295 g/mol. The lowest BCUT2D eigenvalue weighted by Crippen LogP contribution is -2.37. The topological polar surface area (TPSA) is 66.8 Å². The van der Waals surface area contributed by atoms with Crippen LogP contribution >= 0.6 is 0 Å². The molecule has 0 amide bonds. The molecule has 108 valence electrons. The van der Waals surface area contributed by atoms with Crippen LogP contribution in [-0.2, 0) is 14.8 Å². The SMILES string of the molecule is COCCN(CCO)S(=O)(=O)c1c(F)cccc1F. The zero-order valence-electron chi connectivity index (χ0n) is 10.3. The highest BCUT2D eigenvalue weighted by molar-refractivity contribution is 7.89. The number of aliphatic hydroxyl groups is 1. The molecule has 0 unspecified atom stereocenters. The molecule has 0 fully saturated rings. The van der Waals surface area contributed by atoms with Gasteiger partial charge in [-0.05, 0) is 12.1 Å². The van der Waals surface area contributed by atoms with E-state index < -0.39 is 33.2 Å². The molecule has 0 radical (unpaired) electrons. The van der Waals surface area contributed by atoms with Gasteiger partial charge in [0, 0.05) is 20.2 Å². The van der Waals surface area contributed by atoms with Gasteiger partial charge in [-0.1, -0.05) is 6.07 Å². The minimum Gasteiger partial charge on any atom is -0.395 e. The number of hydrogen-bond donors (Lipinski definition) is 1. The maximum Gasteiger partial charge on any atom is 0.249 e. The highest BCUT2D eigenvalue weighted by Gasteiger charge is 2.30. The fourth-order valence-electron chi connectivity index (χ4n) is 1.51. The number of nitrogens with zero attached hydrogens (tertiary/aromatic N) is 1. The fourth-order valence-corrected chi connectivity index (χ4v) is 3.04. The van der Waals surface area contributed by atoms with E-state index in [9.17, 15) is 17.2 Å². The van der Waals surface area contributed by atoms with Crippen LogP contribution < -0.4 is 0 Å². The van der Waals surface area contributed by atoms with E-state index in [1.165, 1.54) is 7.11 Å². The number of aliphatic hydroxyl groups excluding tert-OH is 1. The van der Waals surface area contributed by atoms with Crippen molar-refractivity contribution in [2.24, 2.45) is 0 Å². The van der Waals surface area contributed by atoms with Crippen LogP contribution in [0.5, 0.6) is 0 Å². The van der Waals surface area contributed by atoms with Gasteiger partial charge >= 0.3 is 0 Å². The van der Waals surface area contributed by atoms with Crippen LogP contribution in [0.1, 0.15) is 0 Å². The average Bonchev–Trinajstić information content (AvgIpc) is 2.33. The quantitative estimate of drug-likeness (QED) is 0.799. The summed E-state index contributed by atoms with van der Waals surface area (Å²) in [7, 11) is -2.98. The fraction of sp³-hybridized carbons (Fsp3) is 0.455. The van der Waals surface area contributed by atoms with Gasteiger partial charge in [0.05, 0.1) is 13.2 Å². The summed E-state index contributed by atoms with van der Waals surface area (Å²) in [5, 5.41) is 8.85. The second-order valence-corrected chi connectivity index (χ2v) is 5.55. The largest absolute Gasteiger partial charge is 0.395 e. The molecular weight excluding hydrogens is 280 g/mol. The van der Waals surface area contributed by atoms with Crippen LogP contribution in [0.2, 0.25) is 0 Å². The number of benzene rings is 1. The molecule has 0 bridgehead atoms. The van der Waals surface area contributed by atoms with Crippen molar-refractivity contribution in [3.63, 3.8) is 0 Å². The first kappa shape index (κ1) is 16.0. The van der Waals surface area contributed by atoms with Crippen LogP contribution in [0.4, 0.5) is 8.78 Å². The van der Waals surface area contributed by atoms with Crippen molar-refractivity contribution < 1.29 is 27.0 Å². The molecule has 1 aromatic rings. The lowest BCUT2D eigenvalue weighted by molar-refractivity contribution is 0.168. The Balaban J connectivity index is 3.19. The number of halogens is 2. The molecule has 0 saturated carbocycles. The van der Waals surface area contributed by atoms with E-state index in [0.717, 1.165) is 22.5 Å². The Labute approximate surface area is 110 Å². The molecule has 8 heteroatoms. The molecule has 0 saturated heterocycles. The second kappa shape index (κ2) is 6.90. The summed E-state index contributed by atoms with van der Waals surface area (Å²) in [6.07, 6.45) is 0. The molecule has 0 aromatic heterocycles. The van der Waals surface area contributed by atoms with E-state index in [2.05, 4.69) is 0 Å². The maximum atomic E-state index is 13.5. The molecule has 1 N–H and O–H groups in total. The summed E-state index contributed by atoms with van der Waals surface area (Å²) < 4.78 is 56.9. The Morgan fingerprint density at radius 3 is 2.32 bits per heavy atom. The molecular formula is C11H15F2NO4S. The van der Waals surface area contributed by atoms with E-state index >= 15 is 0 Å². The Kier molecular flexibility index (Phi) is 5.80. The van der Waals surface area contributed by atoms with Crippen molar-refractivity contribution in [3.05, 3.63) is 29.8 Å². The lowest BCUT2D eigenvalue weighted by atomic mass is 10.3. The third kappa shape index (κ3) is 3.69. The first-order chi connectivity index (χ1) is 8.95. The minimum absolute atomic E-state index is 0.0509. The predicted octanol–water partition coefficient (Wildman–Crippen LogP) is 0.594. The van der Waals surface area contributed by atoms with E-state index in [1.807, 2.05) is 0 Å². The zero-order valence-corrected chi connectivity index (χ0v) is 11.2. The summed E-state index contributed by atoms with van der Waals surface area (Å²) in [6, 6.07) is 2.81. The van der Waals surface area contributed by atoms with Gasteiger partial charge in [-0.15, -0.1) is 0 Å². The van der Waals surface area contributed by atoms with Crippen molar-refractivity contribution >= 4 is 10.0 Å². The molecule has 0 heterocycles. The monoisotopic (exact) mass is 295 g/mol. The Bertz CT molecular complexity index is 501.